The molecular formula is C12H16N6O2. The quantitative estimate of drug-likeness (QED) is 0.662. The second-order valence-corrected chi connectivity index (χ2v) is 4.15. The molecule has 0 spiro atoms. The summed E-state index contributed by atoms with van der Waals surface area (Å²) in [5.41, 5.74) is 0.458. The largest absolute Gasteiger partial charge is 0.354 e. The van der Waals surface area contributed by atoms with Crippen LogP contribution in [0, 0.1) is 17.0 Å². The van der Waals surface area contributed by atoms with Crippen LogP contribution in [0.5, 0.6) is 0 Å². The van der Waals surface area contributed by atoms with Gasteiger partial charge in [-0.05, 0) is 20.8 Å². The monoisotopic (exact) mass is 276 g/mol. The van der Waals surface area contributed by atoms with Gasteiger partial charge in [0, 0.05) is 25.5 Å². The van der Waals surface area contributed by atoms with Gasteiger partial charge in [-0.1, -0.05) is 0 Å². The van der Waals surface area contributed by atoms with Gasteiger partial charge in [0.15, 0.2) is 11.5 Å². The van der Waals surface area contributed by atoms with Gasteiger partial charge in [0.25, 0.3) is 0 Å². The Balaban J connectivity index is 2.68. The van der Waals surface area contributed by atoms with Gasteiger partial charge >= 0.3 is 5.69 Å². The number of imidazole rings is 1. The molecule has 2 heterocycles. The Hall–Kier alpha value is -2.51. The lowest BCUT2D eigenvalue weighted by molar-refractivity contribution is -0.385. The molecule has 0 saturated carbocycles. The topological polar surface area (TPSA) is 98.8 Å². The molecule has 0 aliphatic heterocycles. The van der Waals surface area contributed by atoms with E-state index < -0.39 is 4.92 Å². The van der Waals surface area contributed by atoms with Crippen molar-refractivity contribution in [1.29, 1.82) is 0 Å². The smallest absolute Gasteiger partial charge is 0.319 e. The number of nitrogens with zero attached hydrogens (tertiary/aromatic N) is 5. The third kappa shape index (κ3) is 2.44. The summed E-state index contributed by atoms with van der Waals surface area (Å²) >= 11 is 0. The van der Waals surface area contributed by atoms with Crippen molar-refractivity contribution in [3.8, 4) is 11.5 Å². The fourth-order valence-corrected chi connectivity index (χ4v) is 1.96. The minimum absolute atomic E-state index is 0.104. The van der Waals surface area contributed by atoms with Crippen molar-refractivity contribution in [3.05, 3.63) is 28.2 Å². The predicted octanol–water partition coefficient (Wildman–Crippen LogP) is 2.01. The lowest BCUT2D eigenvalue weighted by atomic mass is 10.2. The normalized spacial score (nSPS) is 10.6. The molecule has 2 aromatic rings. The van der Waals surface area contributed by atoms with Crippen LogP contribution >= 0.6 is 0 Å². The zero-order valence-electron chi connectivity index (χ0n) is 11.6. The first kappa shape index (κ1) is 13.9. The summed E-state index contributed by atoms with van der Waals surface area (Å²) in [6.45, 7) is 6.75. The molecule has 0 aliphatic carbocycles. The van der Waals surface area contributed by atoms with Crippen LogP contribution in [0.1, 0.15) is 19.5 Å². The maximum atomic E-state index is 11.3. The number of aryl methyl sites for hydroxylation is 2. The number of aromatic nitrogens is 4. The van der Waals surface area contributed by atoms with E-state index in [9.17, 15) is 10.1 Å². The molecule has 0 saturated heterocycles. The first-order valence-corrected chi connectivity index (χ1v) is 6.36. The summed E-state index contributed by atoms with van der Waals surface area (Å²) in [5.74, 6) is 0.847. The summed E-state index contributed by atoms with van der Waals surface area (Å²) in [6, 6.07) is 0. The van der Waals surface area contributed by atoms with Gasteiger partial charge in [-0.2, -0.15) is 0 Å². The van der Waals surface area contributed by atoms with E-state index in [1.807, 2.05) is 18.4 Å². The molecule has 0 amide bonds. The van der Waals surface area contributed by atoms with Crippen LogP contribution in [0.2, 0.25) is 0 Å². The van der Waals surface area contributed by atoms with E-state index in [-0.39, 0.29) is 11.4 Å². The van der Waals surface area contributed by atoms with E-state index in [1.165, 1.54) is 0 Å². The second kappa shape index (κ2) is 5.64. The molecule has 0 unspecified atom stereocenters. The van der Waals surface area contributed by atoms with Gasteiger partial charge in [0.05, 0.1) is 4.92 Å². The van der Waals surface area contributed by atoms with E-state index >= 15 is 0 Å². The number of nitrogens with one attached hydrogen (secondary N) is 1. The highest BCUT2D eigenvalue weighted by molar-refractivity contribution is 5.67. The van der Waals surface area contributed by atoms with Gasteiger partial charge < -0.3 is 9.88 Å². The number of nitro groups is 1. The summed E-state index contributed by atoms with van der Waals surface area (Å²) < 4.78 is 1.81. The maximum Gasteiger partial charge on any atom is 0.319 e. The molecule has 2 aromatic heterocycles. The van der Waals surface area contributed by atoms with E-state index in [2.05, 4.69) is 20.3 Å². The SMILES string of the molecule is CCNc1nc(C)c([N+](=O)[O-])c(-c2nccn2CC)n1. The molecule has 0 bridgehead atoms. The highest BCUT2D eigenvalue weighted by Gasteiger charge is 2.25. The molecule has 0 radical (unpaired) electrons. The lowest BCUT2D eigenvalue weighted by Crippen LogP contribution is -2.09. The lowest BCUT2D eigenvalue weighted by Gasteiger charge is -2.09. The Morgan fingerprint density at radius 2 is 2.15 bits per heavy atom. The molecule has 0 aliphatic rings. The van der Waals surface area contributed by atoms with Crippen molar-refractivity contribution in [3.63, 3.8) is 0 Å². The summed E-state index contributed by atoms with van der Waals surface area (Å²) in [6.07, 6.45) is 3.37. The second-order valence-electron chi connectivity index (χ2n) is 4.15. The van der Waals surface area contributed by atoms with Crippen molar-refractivity contribution in [1.82, 2.24) is 19.5 Å². The molecule has 8 nitrogen and oxygen atoms in total. The van der Waals surface area contributed by atoms with Gasteiger partial charge in [-0.3, -0.25) is 10.1 Å². The Bertz CT molecular complexity index is 637. The van der Waals surface area contributed by atoms with Crippen molar-refractivity contribution in [2.75, 3.05) is 11.9 Å². The van der Waals surface area contributed by atoms with Crippen LogP contribution in [0.15, 0.2) is 12.4 Å². The highest BCUT2D eigenvalue weighted by Crippen LogP contribution is 2.30. The zero-order chi connectivity index (χ0) is 14.7. The Labute approximate surface area is 116 Å². The van der Waals surface area contributed by atoms with E-state index in [1.54, 1.807) is 19.3 Å². The molecule has 20 heavy (non-hydrogen) atoms. The number of hydrogen-bond donors (Lipinski definition) is 1. The molecule has 0 aromatic carbocycles. The van der Waals surface area contributed by atoms with Gasteiger partial charge in [0.1, 0.15) is 5.69 Å². The van der Waals surface area contributed by atoms with Crippen LogP contribution in [-0.2, 0) is 6.54 Å². The average Bonchev–Trinajstić information content (AvgIpc) is 2.85. The maximum absolute atomic E-state index is 11.3. The van der Waals surface area contributed by atoms with Gasteiger partial charge in [-0.15, -0.1) is 0 Å². The first-order chi connectivity index (χ1) is 9.58. The number of rotatable bonds is 5. The van der Waals surface area contributed by atoms with Gasteiger partial charge in [0.2, 0.25) is 5.95 Å². The predicted molar refractivity (Wildman–Crippen MR) is 74.5 cm³/mol. The van der Waals surface area contributed by atoms with E-state index in [4.69, 9.17) is 0 Å². The van der Waals surface area contributed by atoms with Crippen molar-refractivity contribution < 1.29 is 4.92 Å². The summed E-state index contributed by atoms with van der Waals surface area (Å²) in [4.78, 5) is 23.4. The molecule has 106 valence electrons. The van der Waals surface area contributed by atoms with Crippen molar-refractivity contribution >= 4 is 11.6 Å². The third-order valence-corrected chi connectivity index (χ3v) is 2.84. The van der Waals surface area contributed by atoms with E-state index in [0.717, 1.165) is 0 Å². The minimum Gasteiger partial charge on any atom is -0.354 e. The first-order valence-electron chi connectivity index (χ1n) is 6.36. The molecule has 8 heteroatoms. The minimum atomic E-state index is -0.463. The summed E-state index contributed by atoms with van der Waals surface area (Å²) in [5, 5.41) is 14.2. The van der Waals surface area contributed by atoms with Crippen LogP contribution in [0.4, 0.5) is 11.6 Å². The standard InChI is InChI=1S/C12H16N6O2/c1-4-13-12-15-8(3)10(18(19)20)9(16-12)11-14-6-7-17(11)5-2/h6-7H,4-5H2,1-3H3,(H,13,15,16). The van der Waals surface area contributed by atoms with Crippen LogP contribution in [-0.4, -0.2) is 31.0 Å². The molecule has 2 rings (SSSR count). The van der Waals surface area contributed by atoms with Gasteiger partial charge in [-0.25, -0.2) is 15.0 Å². The average molecular weight is 276 g/mol. The Morgan fingerprint density at radius 3 is 2.75 bits per heavy atom. The fraction of sp³-hybridized carbons (Fsp3) is 0.417. The molecular weight excluding hydrogens is 260 g/mol. The van der Waals surface area contributed by atoms with E-state index in [0.29, 0.717) is 30.6 Å². The van der Waals surface area contributed by atoms with Crippen LogP contribution in [0.25, 0.3) is 11.5 Å². The summed E-state index contributed by atoms with van der Waals surface area (Å²) in [7, 11) is 0. The van der Waals surface area contributed by atoms with Crippen molar-refractivity contribution in [2.45, 2.75) is 27.3 Å². The number of hydrogen-bond acceptors (Lipinski definition) is 6. The number of anilines is 1. The molecule has 1 N–H and O–H groups in total. The molecule has 0 fully saturated rings. The Kier molecular flexibility index (Phi) is 3.92. The zero-order valence-corrected chi connectivity index (χ0v) is 11.6. The fourth-order valence-electron chi connectivity index (χ4n) is 1.96. The highest BCUT2D eigenvalue weighted by atomic mass is 16.6. The van der Waals surface area contributed by atoms with Crippen LogP contribution in [0.3, 0.4) is 0 Å². The Morgan fingerprint density at radius 1 is 1.40 bits per heavy atom. The van der Waals surface area contributed by atoms with Crippen molar-refractivity contribution in [2.24, 2.45) is 0 Å². The third-order valence-electron chi connectivity index (χ3n) is 2.84. The molecule has 0 atom stereocenters. The van der Waals surface area contributed by atoms with Crippen LogP contribution < -0.4 is 5.32 Å².